The summed E-state index contributed by atoms with van der Waals surface area (Å²) in [6.45, 7) is 2.24. The average molecular weight is 355 g/mol. The van der Waals surface area contributed by atoms with Crippen LogP contribution in [0, 0.1) is 0 Å². The molecule has 0 saturated heterocycles. The molecule has 0 aliphatic heterocycles. The highest BCUT2D eigenvalue weighted by Gasteiger charge is 2.34. The summed E-state index contributed by atoms with van der Waals surface area (Å²) in [5, 5.41) is 10.4. The van der Waals surface area contributed by atoms with Crippen molar-refractivity contribution in [1.82, 2.24) is 0 Å². The van der Waals surface area contributed by atoms with Crippen LogP contribution in [0.15, 0.2) is 30.3 Å². The third kappa shape index (κ3) is 3.09. The maximum Gasteiger partial charge on any atom is 0.198 e. The SMILES string of the molecule is COC(C)OCCCc1cc(O)c2c(c1N)C(=O)c1ccccc1C2=O. The molecule has 1 aliphatic carbocycles. The van der Waals surface area contributed by atoms with Gasteiger partial charge in [-0.15, -0.1) is 0 Å². The Kier molecular flexibility index (Phi) is 5.06. The maximum absolute atomic E-state index is 12.9. The number of methoxy groups -OCH3 is 1. The van der Waals surface area contributed by atoms with Crippen molar-refractivity contribution in [3.8, 4) is 5.75 Å². The molecule has 0 saturated carbocycles. The number of fused-ring (bicyclic) bond motifs is 2. The fourth-order valence-corrected chi connectivity index (χ4v) is 3.14. The summed E-state index contributed by atoms with van der Waals surface area (Å²) in [5.74, 6) is -0.944. The van der Waals surface area contributed by atoms with Gasteiger partial charge in [0.15, 0.2) is 17.9 Å². The molecule has 0 heterocycles. The van der Waals surface area contributed by atoms with Gasteiger partial charge in [-0.1, -0.05) is 24.3 Å². The summed E-state index contributed by atoms with van der Waals surface area (Å²) < 4.78 is 10.4. The molecule has 0 aromatic heterocycles. The Labute approximate surface area is 151 Å². The molecule has 2 aromatic rings. The van der Waals surface area contributed by atoms with E-state index in [4.69, 9.17) is 15.2 Å². The molecular formula is C20H21NO5. The molecule has 0 amide bonds. The number of aromatic hydroxyl groups is 1. The highest BCUT2D eigenvalue weighted by molar-refractivity contribution is 6.31. The molecule has 0 fully saturated rings. The van der Waals surface area contributed by atoms with E-state index in [0.29, 0.717) is 30.6 Å². The summed E-state index contributed by atoms with van der Waals surface area (Å²) in [7, 11) is 1.56. The summed E-state index contributed by atoms with van der Waals surface area (Å²) in [6.07, 6.45) is 0.834. The number of carbonyl (C=O) groups is 2. The largest absolute Gasteiger partial charge is 0.507 e. The van der Waals surface area contributed by atoms with E-state index < -0.39 is 0 Å². The first-order valence-electron chi connectivity index (χ1n) is 8.42. The monoisotopic (exact) mass is 355 g/mol. The minimum absolute atomic E-state index is 0.0146. The first-order valence-corrected chi connectivity index (χ1v) is 8.42. The van der Waals surface area contributed by atoms with Crippen LogP contribution >= 0.6 is 0 Å². The van der Waals surface area contributed by atoms with Gasteiger partial charge in [0.1, 0.15) is 5.75 Å². The van der Waals surface area contributed by atoms with E-state index in [0.717, 1.165) is 0 Å². The lowest BCUT2D eigenvalue weighted by atomic mass is 9.81. The van der Waals surface area contributed by atoms with Crippen molar-refractivity contribution in [1.29, 1.82) is 0 Å². The van der Waals surface area contributed by atoms with Gasteiger partial charge in [0.05, 0.1) is 17.7 Å². The Morgan fingerprint density at radius 3 is 2.35 bits per heavy atom. The second-order valence-corrected chi connectivity index (χ2v) is 6.20. The minimum atomic E-state index is -0.386. The van der Waals surface area contributed by atoms with Gasteiger partial charge in [0.25, 0.3) is 0 Å². The summed E-state index contributed by atoms with van der Waals surface area (Å²) in [5.41, 5.74) is 7.74. The van der Waals surface area contributed by atoms with Crippen LogP contribution in [0.1, 0.15) is 50.8 Å². The van der Waals surface area contributed by atoms with Crippen molar-refractivity contribution >= 4 is 17.3 Å². The van der Waals surface area contributed by atoms with Crippen molar-refractivity contribution in [2.75, 3.05) is 19.5 Å². The number of hydrogen-bond acceptors (Lipinski definition) is 6. The number of ketones is 2. The second-order valence-electron chi connectivity index (χ2n) is 6.20. The van der Waals surface area contributed by atoms with Crippen LogP contribution in [0.25, 0.3) is 0 Å². The highest BCUT2D eigenvalue weighted by atomic mass is 16.7. The van der Waals surface area contributed by atoms with E-state index in [1.165, 1.54) is 6.07 Å². The molecule has 136 valence electrons. The Balaban J connectivity index is 1.92. The normalized spacial score (nSPS) is 14.1. The van der Waals surface area contributed by atoms with Crippen LogP contribution in [0.3, 0.4) is 0 Å². The molecule has 3 N–H and O–H groups in total. The average Bonchev–Trinajstić information content (AvgIpc) is 2.65. The van der Waals surface area contributed by atoms with Gasteiger partial charge < -0.3 is 20.3 Å². The van der Waals surface area contributed by atoms with Gasteiger partial charge in [0.2, 0.25) is 0 Å². The Bertz CT molecular complexity index is 875. The van der Waals surface area contributed by atoms with Crippen molar-refractivity contribution in [3.63, 3.8) is 0 Å². The van der Waals surface area contributed by atoms with Gasteiger partial charge in [-0.2, -0.15) is 0 Å². The zero-order valence-corrected chi connectivity index (χ0v) is 14.7. The molecule has 3 rings (SSSR count). The lowest BCUT2D eigenvalue weighted by Gasteiger charge is -2.22. The number of carbonyl (C=O) groups excluding carboxylic acids is 2. The summed E-state index contributed by atoms with van der Waals surface area (Å²) in [4.78, 5) is 25.6. The zero-order chi connectivity index (χ0) is 18.8. The van der Waals surface area contributed by atoms with E-state index in [1.807, 2.05) is 0 Å². The first-order chi connectivity index (χ1) is 12.5. The smallest absolute Gasteiger partial charge is 0.198 e. The molecule has 0 bridgehead atoms. The number of ether oxygens (including phenoxy) is 2. The molecule has 2 aromatic carbocycles. The molecule has 6 nitrogen and oxygen atoms in total. The topological polar surface area (TPSA) is 98.8 Å². The Hall–Kier alpha value is -2.70. The van der Waals surface area contributed by atoms with E-state index >= 15 is 0 Å². The van der Waals surface area contributed by atoms with Crippen molar-refractivity contribution in [2.24, 2.45) is 0 Å². The standard InChI is InChI=1S/C20H21NO5/c1-11(25-2)26-9-5-6-12-10-15(22)16-17(18(12)21)20(24)14-8-4-3-7-13(14)19(16)23/h3-4,7-8,10-11,22H,5-6,9,21H2,1-2H3. The number of hydrogen-bond donors (Lipinski definition) is 2. The van der Waals surface area contributed by atoms with Crippen molar-refractivity contribution < 1.29 is 24.2 Å². The van der Waals surface area contributed by atoms with E-state index in [1.54, 1.807) is 38.3 Å². The van der Waals surface area contributed by atoms with Gasteiger partial charge in [-0.3, -0.25) is 9.59 Å². The molecule has 0 spiro atoms. The van der Waals surface area contributed by atoms with Gasteiger partial charge in [-0.25, -0.2) is 0 Å². The van der Waals surface area contributed by atoms with Crippen LogP contribution in [0.2, 0.25) is 0 Å². The number of benzene rings is 2. The van der Waals surface area contributed by atoms with Crippen molar-refractivity contribution in [2.45, 2.75) is 26.1 Å². The fourth-order valence-electron chi connectivity index (χ4n) is 3.14. The molecular weight excluding hydrogens is 334 g/mol. The number of nitrogen functional groups attached to an aromatic ring is 1. The molecule has 6 heteroatoms. The third-order valence-corrected chi connectivity index (χ3v) is 4.58. The van der Waals surface area contributed by atoms with E-state index in [2.05, 4.69) is 0 Å². The first kappa shape index (κ1) is 18.1. The van der Waals surface area contributed by atoms with Crippen LogP contribution in [0.4, 0.5) is 5.69 Å². The predicted octanol–water partition coefficient (Wildman–Crippen LogP) is 2.69. The third-order valence-electron chi connectivity index (χ3n) is 4.58. The van der Waals surface area contributed by atoms with E-state index in [-0.39, 0.29) is 46.0 Å². The van der Waals surface area contributed by atoms with Crippen molar-refractivity contribution in [3.05, 3.63) is 58.1 Å². The Morgan fingerprint density at radius 1 is 1.12 bits per heavy atom. The van der Waals surface area contributed by atoms with Crippen LogP contribution in [-0.4, -0.2) is 36.7 Å². The number of nitrogens with two attached hydrogens (primary N) is 1. The molecule has 26 heavy (non-hydrogen) atoms. The van der Waals surface area contributed by atoms with E-state index in [9.17, 15) is 14.7 Å². The molecule has 0 radical (unpaired) electrons. The summed E-state index contributed by atoms with van der Waals surface area (Å²) >= 11 is 0. The maximum atomic E-state index is 12.9. The molecule has 1 atom stereocenters. The van der Waals surface area contributed by atoms with Crippen LogP contribution in [0.5, 0.6) is 5.75 Å². The molecule has 1 unspecified atom stereocenters. The minimum Gasteiger partial charge on any atom is -0.507 e. The molecule has 1 aliphatic rings. The van der Waals surface area contributed by atoms with Gasteiger partial charge in [0, 0.05) is 23.9 Å². The predicted molar refractivity (Wildman–Crippen MR) is 96.6 cm³/mol. The zero-order valence-electron chi connectivity index (χ0n) is 14.7. The number of rotatable bonds is 6. The van der Waals surface area contributed by atoms with Crippen LogP contribution in [-0.2, 0) is 15.9 Å². The fraction of sp³-hybridized carbons (Fsp3) is 0.300. The lowest BCUT2D eigenvalue weighted by Crippen LogP contribution is -2.23. The summed E-state index contributed by atoms with van der Waals surface area (Å²) in [6, 6.07) is 8.03. The number of anilines is 1. The quantitative estimate of drug-likeness (QED) is 0.305. The second kappa shape index (κ2) is 7.27. The Morgan fingerprint density at radius 2 is 1.73 bits per heavy atom. The highest BCUT2D eigenvalue weighted by Crippen LogP contribution is 2.38. The number of aryl methyl sites for hydroxylation is 1. The number of phenolic OH excluding ortho intramolecular Hbond substituents is 1. The van der Waals surface area contributed by atoms with Crippen LogP contribution < -0.4 is 5.73 Å². The lowest BCUT2D eigenvalue weighted by molar-refractivity contribution is -0.111. The van der Waals surface area contributed by atoms with Gasteiger partial charge in [-0.05, 0) is 31.4 Å². The van der Waals surface area contributed by atoms with Gasteiger partial charge >= 0.3 is 0 Å². The number of phenols is 1.